The normalized spacial score (nSPS) is 15.5. The molecule has 9 heteroatoms. The molecule has 0 bridgehead atoms. The minimum atomic E-state index is -1.38. The van der Waals surface area contributed by atoms with E-state index in [0.717, 1.165) is 33.1 Å². The number of carboxylic acid groups (broad SMARTS) is 1. The van der Waals surface area contributed by atoms with Crippen molar-refractivity contribution in [1.82, 2.24) is 9.47 Å². The van der Waals surface area contributed by atoms with E-state index in [2.05, 4.69) is 0 Å². The average molecular weight is 460 g/mol. The van der Waals surface area contributed by atoms with Gasteiger partial charge in [-0.15, -0.1) is 0 Å². The summed E-state index contributed by atoms with van der Waals surface area (Å²) in [7, 11) is 0. The number of halogens is 2. The Labute approximate surface area is 185 Å². The first kappa shape index (κ1) is 20.6. The number of amides is 1. The fourth-order valence-electron chi connectivity index (χ4n) is 3.28. The van der Waals surface area contributed by atoms with Gasteiger partial charge in [0.1, 0.15) is 10.1 Å². The van der Waals surface area contributed by atoms with E-state index in [1.54, 1.807) is 24.4 Å². The van der Waals surface area contributed by atoms with E-state index in [1.807, 2.05) is 28.8 Å². The van der Waals surface area contributed by atoms with Crippen molar-refractivity contribution in [1.29, 1.82) is 0 Å². The molecule has 1 aliphatic rings. The van der Waals surface area contributed by atoms with Crippen LogP contribution >= 0.6 is 35.6 Å². The standard InChI is InChI=1S/C21H14ClFN2O3S2/c22-15-5-3-6-16(23)14(15)10-24-9-12(13-4-1-2-7-17(13)24)8-18-20(28)25(11-19(26)27)21(29)30-18/h1-9H,10-11H2,(H,26,27)/p-1. The molecule has 0 saturated carbocycles. The average Bonchev–Trinajstić information content (AvgIpc) is 3.17. The monoisotopic (exact) mass is 459 g/mol. The van der Waals surface area contributed by atoms with Crippen molar-refractivity contribution in [3.8, 4) is 0 Å². The van der Waals surface area contributed by atoms with Crippen LogP contribution in [0.2, 0.25) is 5.02 Å². The van der Waals surface area contributed by atoms with E-state index in [-0.39, 0.29) is 10.9 Å². The van der Waals surface area contributed by atoms with Gasteiger partial charge in [-0.25, -0.2) is 4.39 Å². The number of benzene rings is 2. The number of hydrogen-bond donors (Lipinski definition) is 0. The molecule has 0 N–H and O–H groups in total. The Morgan fingerprint density at radius 3 is 2.73 bits per heavy atom. The van der Waals surface area contributed by atoms with Gasteiger partial charge < -0.3 is 14.5 Å². The number of para-hydroxylation sites is 1. The number of carbonyl (C=O) groups excluding carboxylic acids is 2. The van der Waals surface area contributed by atoms with Crippen LogP contribution in [-0.4, -0.2) is 32.2 Å². The zero-order valence-corrected chi connectivity index (χ0v) is 17.7. The van der Waals surface area contributed by atoms with Crippen molar-refractivity contribution in [2.75, 3.05) is 6.54 Å². The van der Waals surface area contributed by atoms with Gasteiger partial charge in [0.15, 0.2) is 0 Å². The van der Waals surface area contributed by atoms with Crippen molar-refractivity contribution >= 4 is 68.8 Å². The van der Waals surface area contributed by atoms with E-state index in [0.29, 0.717) is 15.5 Å². The molecule has 1 aromatic heterocycles. The third kappa shape index (κ3) is 3.86. The summed E-state index contributed by atoms with van der Waals surface area (Å²) in [5.41, 5.74) is 1.94. The topological polar surface area (TPSA) is 65.4 Å². The molecule has 0 aliphatic carbocycles. The van der Waals surface area contributed by atoms with Gasteiger partial charge in [0, 0.05) is 33.2 Å². The minimum Gasteiger partial charge on any atom is -0.548 e. The minimum absolute atomic E-state index is 0.164. The van der Waals surface area contributed by atoms with Gasteiger partial charge in [-0.1, -0.05) is 59.8 Å². The predicted octanol–water partition coefficient (Wildman–Crippen LogP) is 3.43. The van der Waals surface area contributed by atoms with Gasteiger partial charge >= 0.3 is 0 Å². The molecule has 4 rings (SSSR count). The maximum Gasteiger partial charge on any atom is 0.266 e. The van der Waals surface area contributed by atoms with Crippen LogP contribution in [0.1, 0.15) is 11.1 Å². The highest BCUT2D eigenvalue weighted by Crippen LogP contribution is 2.34. The number of carbonyl (C=O) groups is 2. The molecule has 1 saturated heterocycles. The molecule has 1 fully saturated rings. The van der Waals surface area contributed by atoms with Crippen LogP contribution in [0.3, 0.4) is 0 Å². The Bertz CT molecular complexity index is 1220. The molecule has 0 radical (unpaired) electrons. The molecular formula is C21H13ClFN2O3S2-. The van der Waals surface area contributed by atoms with Crippen LogP contribution in [0.5, 0.6) is 0 Å². The van der Waals surface area contributed by atoms with Gasteiger partial charge in [0.2, 0.25) is 0 Å². The molecule has 0 atom stereocenters. The molecule has 5 nitrogen and oxygen atoms in total. The van der Waals surface area contributed by atoms with Crippen LogP contribution in [0.4, 0.5) is 4.39 Å². The van der Waals surface area contributed by atoms with Gasteiger partial charge in [0.25, 0.3) is 5.91 Å². The van der Waals surface area contributed by atoms with Gasteiger partial charge in [0.05, 0.1) is 24.0 Å². The first-order valence-electron chi connectivity index (χ1n) is 8.81. The number of nitrogens with zero attached hydrogens (tertiary/aromatic N) is 2. The summed E-state index contributed by atoms with van der Waals surface area (Å²) in [6, 6.07) is 12.1. The number of rotatable bonds is 5. The summed E-state index contributed by atoms with van der Waals surface area (Å²) in [6.45, 7) is -0.374. The molecule has 0 unspecified atom stereocenters. The number of thiocarbonyl (C=S) groups is 1. The number of hydrogen-bond acceptors (Lipinski definition) is 5. The lowest BCUT2D eigenvalue weighted by atomic mass is 10.1. The van der Waals surface area contributed by atoms with Crippen LogP contribution < -0.4 is 5.11 Å². The smallest absolute Gasteiger partial charge is 0.266 e. The Hall–Kier alpha value is -2.68. The van der Waals surface area contributed by atoms with Crippen LogP contribution in [0, 0.1) is 5.82 Å². The number of aromatic nitrogens is 1. The molecule has 1 amide bonds. The lowest BCUT2D eigenvalue weighted by Gasteiger charge is -2.14. The van der Waals surface area contributed by atoms with Crippen LogP contribution in [0.15, 0.2) is 53.6 Å². The van der Waals surface area contributed by atoms with Gasteiger partial charge in [-0.2, -0.15) is 0 Å². The Morgan fingerprint density at radius 1 is 1.23 bits per heavy atom. The lowest BCUT2D eigenvalue weighted by Crippen LogP contribution is -2.40. The third-order valence-electron chi connectivity index (χ3n) is 4.66. The van der Waals surface area contributed by atoms with E-state index >= 15 is 0 Å². The second-order valence-corrected chi connectivity index (χ2v) is 8.65. The number of carboxylic acids is 1. The van der Waals surface area contributed by atoms with Crippen LogP contribution in [-0.2, 0) is 16.1 Å². The van der Waals surface area contributed by atoms with Gasteiger partial charge in [-0.3, -0.25) is 9.69 Å². The van der Waals surface area contributed by atoms with Crippen molar-refractivity contribution in [2.45, 2.75) is 6.54 Å². The Morgan fingerprint density at radius 2 is 2.00 bits per heavy atom. The summed E-state index contributed by atoms with van der Waals surface area (Å²) in [5.74, 6) is -2.26. The quantitative estimate of drug-likeness (QED) is 0.432. The highest BCUT2D eigenvalue weighted by atomic mass is 35.5. The summed E-state index contributed by atoms with van der Waals surface area (Å²) in [4.78, 5) is 24.8. The summed E-state index contributed by atoms with van der Waals surface area (Å²) >= 11 is 12.3. The summed E-state index contributed by atoms with van der Waals surface area (Å²) in [5, 5.41) is 12.1. The van der Waals surface area contributed by atoms with Crippen molar-refractivity contribution < 1.29 is 19.1 Å². The maximum absolute atomic E-state index is 14.3. The van der Waals surface area contributed by atoms with E-state index < -0.39 is 24.2 Å². The third-order valence-corrected chi connectivity index (χ3v) is 6.39. The molecule has 3 aromatic rings. The predicted molar refractivity (Wildman–Crippen MR) is 117 cm³/mol. The van der Waals surface area contributed by atoms with Crippen molar-refractivity contribution in [3.63, 3.8) is 0 Å². The van der Waals surface area contributed by atoms with Gasteiger partial charge in [-0.05, 0) is 24.3 Å². The lowest BCUT2D eigenvalue weighted by molar-refractivity contribution is -0.305. The number of aliphatic carboxylic acids is 1. The number of fused-ring (bicyclic) bond motifs is 1. The highest BCUT2D eigenvalue weighted by molar-refractivity contribution is 8.26. The SMILES string of the molecule is O=C([O-])CN1C(=O)C(=Cc2cn(Cc3c(F)cccc3Cl)c3ccccc23)SC1=S. The molecular weight excluding hydrogens is 447 g/mol. The Balaban J connectivity index is 1.75. The molecule has 2 aromatic carbocycles. The first-order chi connectivity index (χ1) is 14.3. The summed E-state index contributed by atoms with van der Waals surface area (Å²) < 4.78 is 16.3. The first-order valence-corrected chi connectivity index (χ1v) is 10.4. The Kier molecular flexibility index (Phi) is 5.64. The fraction of sp³-hybridized carbons (Fsp3) is 0.0952. The molecule has 0 spiro atoms. The summed E-state index contributed by atoms with van der Waals surface area (Å²) in [6.07, 6.45) is 3.47. The largest absolute Gasteiger partial charge is 0.548 e. The number of thioether (sulfide) groups is 1. The molecule has 30 heavy (non-hydrogen) atoms. The van der Waals surface area contributed by atoms with E-state index in [1.165, 1.54) is 6.07 Å². The highest BCUT2D eigenvalue weighted by Gasteiger charge is 2.32. The molecule has 1 aliphatic heterocycles. The zero-order valence-electron chi connectivity index (χ0n) is 15.3. The van der Waals surface area contributed by atoms with E-state index in [4.69, 9.17) is 23.8 Å². The van der Waals surface area contributed by atoms with Crippen molar-refractivity contribution in [3.05, 3.63) is 75.5 Å². The van der Waals surface area contributed by atoms with E-state index in [9.17, 15) is 19.1 Å². The molecule has 2 heterocycles. The van der Waals surface area contributed by atoms with Crippen molar-refractivity contribution in [2.24, 2.45) is 0 Å². The fourth-order valence-corrected chi connectivity index (χ4v) is 4.75. The second kappa shape index (κ2) is 8.22. The van der Waals surface area contributed by atoms with Crippen LogP contribution in [0.25, 0.3) is 17.0 Å². The second-order valence-electron chi connectivity index (χ2n) is 6.57. The maximum atomic E-state index is 14.3. The zero-order chi connectivity index (χ0) is 21.4. The molecule has 152 valence electrons.